The first-order chi connectivity index (χ1) is 15.7. The van der Waals surface area contributed by atoms with Crippen LogP contribution in [-0.2, 0) is 0 Å². The van der Waals surface area contributed by atoms with E-state index in [1.54, 1.807) is 6.07 Å². The molecule has 0 aliphatic carbocycles. The Balaban J connectivity index is 1.18. The molecule has 32 heavy (non-hydrogen) atoms. The molecule has 162 valence electrons. The van der Waals surface area contributed by atoms with Gasteiger partial charge < -0.3 is 14.7 Å². The molecule has 3 aliphatic rings. The summed E-state index contributed by atoms with van der Waals surface area (Å²) in [5.74, 6) is 1.55. The second-order valence-electron chi connectivity index (χ2n) is 9.12. The second kappa shape index (κ2) is 7.68. The number of fused-ring (bicyclic) bond motifs is 4. The van der Waals surface area contributed by atoms with E-state index in [9.17, 15) is 4.79 Å². The number of carbonyl (C=O) groups excluding carboxylic acids is 1. The van der Waals surface area contributed by atoms with E-state index in [2.05, 4.69) is 52.5 Å². The SMILES string of the molecule is C[C@@H]1[C@H](NC(=O)c2ccc(-c3ccc(-c4cc5ccccc5[nH]4)cc3)o2)C2CCN1CC2. The Morgan fingerprint density at radius 3 is 2.50 bits per heavy atom. The highest BCUT2D eigenvalue weighted by Gasteiger charge is 2.40. The molecule has 4 aromatic rings. The summed E-state index contributed by atoms with van der Waals surface area (Å²) in [6.07, 6.45) is 2.34. The average molecular weight is 426 g/mol. The van der Waals surface area contributed by atoms with Crippen LogP contribution in [0.4, 0.5) is 0 Å². The number of nitrogens with one attached hydrogen (secondary N) is 2. The van der Waals surface area contributed by atoms with Crippen molar-refractivity contribution >= 4 is 16.8 Å². The number of piperidine rings is 3. The van der Waals surface area contributed by atoms with Crippen LogP contribution in [0.5, 0.6) is 0 Å². The van der Waals surface area contributed by atoms with Gasteiger partial charge in [0.2, 0.25) is 0 Å². The molecule has 2 aromatic heterocycles. The topological polar surface area (TPSA) is 61.3 Å². The zero-order valence-electron chi connectivity index (χ0n) is 18.2. The lowest BCUT2D eigenvalue weighted by Crippen LogP contribution is -2.62. The zero-order chi connectivity index (χ0) is 21.7. The van der Waals surface area contributed by atoms with E-state index in [1.807, 2.05) is 30.3 Å². The van der Waals surface area contributed by atoms with E-state index in [0.717, 1.165) is 35.4 Å². The molecule has 5 heteroatoms. The number of hydrogen-bond donors (Lipinski definition) is 2. The second-order valence-corrected chi connectivity index (χ2v) is 9.12. The molecule has 1 amide bonds. The number of aromatic nitrogens is 1. The summed E-state index contributed by atoms with van der Waals surface area (Å²) in [7, 11) is 0. The predicted molar refractivity (Wildman–Crippen MR) is 126 cm³/mol. The Morgan fingerprint density at radius 2 is 1.75 bits per heavy atom. The van der Waals surface area contributed by atoms with Gasteiger partial charge in [-0.2, -0.15) is 0 Å². The summed E-state index contributed by atoms with van der Waals surface area (Å²) in [5.41, 5.74) is 4.29. The van der Waals surface area contributed by atoms with Crippen LogP contribution in [0.1, 0.15) is 30.3 Å². The molecule has 0 radical (unpaired) electrons. The Bertz CT molecular complexity index is 1230. The molecule has 2 atom stereocenters. The molecule has 5 nitrogen and oxygen atoms in total. The van der Waals surface area contributed by atoms with E-state index in [4.69, 9.17) is 4.42 Å². The monoisotopic (exact) mass is 425 g/mol. The van der Waals surface area contributed by atoms with Gasteiger partial charge in [-0.05, 0) is 68.6 Å². The van der Waals surface area contributed by atoms with Crippen molar-refractivity contribution in [2.24, 2.45) is 5.92 Å². The first-order valence-electron chi connectivity index (χ1n) is 11.5. The van der Waals surface area contributed by atoms with Crippen LogP contribution < -0.4 is 5.32 Å². The Hall–Kier alpha value is -3.31. The molecule has 2 bridgehead atoms. The minimum Gasteiger partial charge on any atom is -0.451 e. The van der Waals surface area contributed by atoms with Crippen LogP contribution in [0.25, 0.3) is 33.5 Å². The molecule has 2 aromatic carbocycles. The van der Waals surface area contributed by atoms with Gasteiger partial charge in [0.15, 0.2) is 5.76 Å². The maximum Gasteiger partial charge on any atom is 0.287 e. The van der Waals surface area contributed by atoms with E-state index < -0.39 is 0 Å². The van der Waals surface area contributed by atoms with Gasteiger partial charge >= 0.3 is 0 Å². The molecule has 2 N–H and O–H groups in total. The summed E-state index contributed by atoms with van der Waals surface area (Å²) in [6, 6.07) is 22.9. The maximum atomic E-state index is 12.9. The highest BCUT2D eigenvalue weighted by molar-refractivity contribution is 5.92. The van der Waals surface area contributed by atoms with Crippen LogP contribution in [0.2, 0.25) is 0 Å². The van der Waals surface area contributed by atoms with Gasteiger partial charge in [0, 0.05) is 34.2 Å². The van der Waals surface area contributed by atoms with Crippen molar-refractivity contribution in [2.45, 2.75) is 31.8 Å². The van der Waals surface area contributed by atoms with Crippen LogP contribution in [0.15, 0.2) is 71.1 Å². The smallest absolute Gasteiger partial charge is 0.287 e. The van der Waals surface area contributed by atoms with E-state index in [1.165, 1.54) is 18.2 Å². The van der Waals surface area contributed by atoms with Crippen LogP contribution in [-0.4, -0.2) is 41.0 Å². The highest BCUT2D eigenvalue weighted by Crippen LogP contribution is 2.33. The Labute approximate surface area is 187 Å². The number of rotatable bonds is 4. The zero-order valence-corrected chi connectivity index (χ0v) is 18.2. The van der Waals surface area contributed by atoms with Crippen molar-refractivity contribution in [3.63, 3.8) is 0 Å². The van der Waals surface area contributed by atoms with Crippen LogP contribution in [0.3, 0.4) is 0 Å². The normalized spacial score (nSPS) is 24.7. The highest BCUT2D eigenvalue weighted by atomic mass is 16.3. The van der Waals surface area contributed by atoms with Crippen LogP contribution in [0, 0.1) is 5.92 Å². The van der Waals surface area contributed by atoms with Crippen molar-refractivity contribution in [1.29, 1.82) is 0 Å². The van der Waals surface area contributed by atoms with Gasteiger partial charge in [-0.25, -0.2) is 0 Å². The van der Waals surface area contributed by atoms with E-state index in [0.29, 0.717) is 23.5 Å². The minimum absolute atomic E-state index is 0.114. The average Bonchev–Trinajstić information content (AvgIpc) is 3.49. The summed E-state index contributed by atoms with van der Waals surface area (Å²) in [5, 5.41) is 4.45. The molecule has 3 aliphatic heterocycles. The third kappa shape index (κ3) is 3.33. The molecule has 0 saturated carbocycles. The van der Waals surface area contributed by atoms with Crippen molar-refractivity contribution < 1.29 is 9.21 Å². The van der Waals surface area contributed by atoms with Crippen molar-refractivity contribution in [2.75, 3.05) is 13.1 Å². The number of H-pyrrole nitrogens is 1. The molecule has 0 unspecified atom stereocenters. The fraction of sp³-hybridized carbons (Fsp3) is 0.296. The molecule has 3 fully saturated rings. The Kier molecular flexibility index (Phi) is 4.65. The largest absolute Gasteiger partial charge is 0.451 e. The fourth-order valence-electron chi connectivity index (χ4n) is 5.43. The standard InChI is InChI=1S/C27H27N3O2/c1-17-26(20-12-14-30(17)15-13-20)29-27(31)25-11-10-24(32-25)19-8-6-18(7-9-19)23-16-21-4-2-3-5-22(21)28-23/h2-11,16-17,20,26,28H,12-15H2,1H3,(H,29,31)/t17-,26+/m1/s1. The van der Waals surface area contributed by atoms with Gasteiger partial charge in [0.25, 0.3) is 5.91 Å². The lowest BCUT2D eigenvalue weighted by molar-refractivity contribution is 0.0211. The lowest BCUT2D eigenvalue weighted by Gasteiger charge is -2.49. The number of aromatic amines is 1. The van der Waals surface area contributed by atoms with Crippen molar-refractivity contribution in [3.05, 3.63) is 72.5 Å². The summed E-state index contributed by atoms with van der Waals surface area (Å²) >= 11 is 0. The Morgan fingerprint density at radius 1 is 1.00 bits per heavy atom. The summed E-state index contributed by atoms with van der Waals surface area (Å²) < 4.78 is 5.95. The number of hydrogen-bond acceptors (Lipinski definition) is 3. The van der Waals surface area contributed by atoms with Gasteiger partial charge in [-0.15, -0.1) is 0 Å². The van der Waals surface area contributed by atoms with Gasteiger partial charge in [0.1, 0.15) is 5.76 Å². The molecule has 0 spiro atoms. The number of benzene rings is 2. The van der Waals surface area contributed by atoms with Crippen molar-refractivity contribution in [3.8, 4) is 22.6 Å². The number of para-hydroxylation sites is 1. The maximum absolute atomic E-state index is 12.9. The number of furan rings is 1. The quantitative estimate of drug-likeness (QED) is 0.466. The fourth-order valence-corrected chi connectivity index (χ4v) is 5.43. The van der Waals surface area contributed by atoms with Gasteiger partial charge in [-0.1, -0.05) is 42.5 Å². The first kappa shape index (κ1) is 19.4. The molecular formula is C27H27N3O2. The molecule has 5 heterocycles. The molecule has 3 saturated heterocycles. The van der Waals surface area contributed by atoms with Gasteiger partial charge in [-0.3, -0.25) is 9.69 Å². The first-order valence-corrected chi connectivity index (χ1v) is 11.5. The number of nitrogens with zero attached hydrogens (tertiary/aromatic N) is 1. The van der Waals surface area contributed by atoms with Gasteiger partial charge in [0.05, 0.1) is 0 Å². The van der Waals surface area contributed by atoms with Crippen LogP contribution >= 0.6 is 0 Å². The number of amides is 1. The summed E-state index contributed by atoms with van der Waals surface area (Å²) in [6.45, 7) is 4.52. The third-order valence-corrected chi connectivity index (χ3v) is 7.32. The predicted octanol–water partition coefficient (Wildman–Crippen LogP) is 5.31. The minimum atomic E-state index is -0.114. The number of carbonyl (C=O) groups is 1. The van der Waals surface area contributed by atoms with E-state index in [-0.39, 0.29) is 11.9 Å². The molecular weight excluding hydrogens is 398 g/mol. The van der Waals surface area contributed by atoms with E-state index >= 15 is 0 Å². The van der Waals surface area contributed by atoms with Crippen molar-refractivity contribution in [1.82, 2.24) is 15.2 Å². The summed E-state index contributed by atoms with van der Waals surface area (Å²) in [4.78, 5) is 18.8. The third-order valence-electron chi connectivity index (χ3n) is 7.32. The molecule has 7 rings (SSSR count). The lowest BCUT2D eigenvalue weighted by atomic mass is 9.79.